The van der Waals surface area contributed by atoms with Gasteiger partial charge in [0.05, 0.1) is 18.6 Å². The SMILES string of the molecule is CCN1Cc2ccccc2CC1C(=O)N(C)Cc1ccoc1. The minimum atomic E-state index is -0.0724. The molecule has 116 valence electrons. The molecule has 1 atom stereocenters. The molecule has 2 heterocycles. The van der Waals surface area contributed by atoms with Gasteiger partial charge in [-0.05, 0) is 30.2 Å². The van der Waals surface area contributed by atoms with Crippen molar-refractivity contribution in [2.75, 3.05) is 13.6 Å². The number of furan rings is 1. The van der Waals surface area contributed by atoms with Gasteiger partial charge in [0.15, 0.2) is 0 Å². The number of fused-ring (bicyclic) bond motifs is 1. The lowest BCUT2D eigenvalue weighted by Crippen LogP contribution is -2.50. The minimum absolute atomic E-state index is 0.0724. The highest BCUT2D eigenvalue weighted by molar-refractivity contribution is 5.82. The number of likely N-dealkylation sites (N-methyl/N-ethyl adjacent to an activating group) is 2. The monoisotopic (exact) mass is 298 g/mol. The molecule has 0 bridgehead atoms. The Labute approximate surface area is 131 Å². The van der Waals surface area contributed by atoms with Crippen LogP contribution in [0.5, 0.6) is 0 Å². The number of nitrogens with zero attached hydrogens (tertiary/aromatic N) is 2. The molecule has 1 aliphatic heterocycles. The summed E-state index contributed by atoms with van der Waals surface area (Å²) >= 11 is 0. The Balaban J connectivity index is 1.76. The van der Waals surface area contributed by atoms with Crippen molar-refractivity contribution in [2.45, 2.75) is 32.5 Å². The third kappa shape index (κ3) is 2.92. The zero-order valence-corrected chi connectivity index (χ0v) is 13.2. The summed E-state index contributed by atoms with van der Waals surface area (Å²) in [6, 6.07) is 10.2. The van der Waals surface area contributed by atoms with Crippen molar-refractivity contribution >= 4 is 5.91 Å². The van der Waals surface area contributed by atoms with Crippen LogP contribution in [-0.2, 0) is 24.3 Å². The van der Waals surface area contributed by atoms with Gasteiger partial charge in [-0.15, -0.1) is 0 Å². The zero-order chi connectivity index (χ0) is 15.5. The van der Waals surface area contributed by atoms with E-state index < -0.39 is 0 Å². The first-order chi connectivity index (χ1) is 10.7. The van der Waals surface area contributed by atoms with Crippen LogP contribution in [0.3, 0.4) is 0 Å². The summed E-state index contributed by atoms with van der Waals surface area (Å²) in [7, 11) is 1.86. The third-order valence-electron chi connectivity index (χ3n) is 4.41. The van der Waals surface area contributed by atoms with Crippen molar-refractivity contribution in [3.05, 3.63) is 59.5 Å². The highest BCUT2D eigenvalue weighted by Crippen LogP contribution is 2.24. The smallest absolute Gasteiger partial charge is 0.240 e. The zero-order valence-electron chi connectivity index (χ0n) is 13.2. The van der Waals surface area contributed by atoms with Crippen LogP contribution >= 0.6 is 0 Å². The van der Waals surface area contributed by atoms with Gasteiger partial charge in [0.2, 0.25) is 5.91 Å². The third-order valence-corrected chi connectivity index (χ3v) is 4.41. The van der Waals surface area contributed by atoms with E-state index in [1.165, 1.54) is 11.1 Å². The number of benzene rings is 1. The first-order valence-corrected chi connectivity index (χ1v) is 7.76. The van der Waals surface area contributed by atoms with Crippen molar-refractivity contribution in [1.82, 2.24) is 9.80 Å². The van der Waals surface area contributed by atoms with Gasteiger partial charge >= 0.3 is 0 Å². The van der Waals surface area contributed by atoms with Crippen LogP contribution < -0.4 is 0 Å². The summed E-state index contributed by atoms with van der Waals surface area (Å²) < 4.78 is 5.08. The Kier molecular flexibility index (Phi) is 4.29. The van der Waals surface area contributed by atoms with Crippen molar-refractivity contribution in [3.63, 3.8) is 0 Å². The lowest BCUT2D eigenvalue weighted by molar-refractivity contribution is -0.136. The summed E-state index contributed by atoms with van der Waals surface area (Å²) in [5, 5.41) is 0. The molecule has 1 aromatic carbocycles. The summed E-state index contributed by atoms with van der Waals surface area (Å²) in [5.41, 5.74) is 3.66. The van der Waals surface area contributed by atoms with Gasteiger partial charge in [0.1, 0.15) is 0 Å². The summed E-state index contributed by atoms with van der Waals surface area (Å²) in [6.45, 7) is 4.43. The fourth-order valence-electron chi connectivity index (χ4n) is 3.14. The van der Waals surface area contributed by atoms with E-state index in [-0.39, 0.29) is 11.9 Å². The average molecular weight is 298 g/mol. The van der Waals surface area contributed by atoms with Gasteiger partial charge in [-0.1, -0.05) is 31.2 Å². The summed E-state index contributed by atoms with van der Waals surface area (Å²) in [4.78, 5) is 16.9. The van der Waals surface area contributed by atoms with Gasteiger partial charge in [-0.2, -0.15) is 0 Å². The Morgan fingerprint density at radius 3 is 2.77 bits per heavy atom. The molecule has 1 aromatic heterocycles. The van der Waals surface area contributed by atoms with Crippen LogP contribution in [0.2, 0.25) is 0 Å². The van der Waals surface area contributed by atoms with E-state index in [2.05, 4.69) is 36.1 Å². The number of hydrogen-bond donors (Lipinski definition) is 0. The standard InChI is InChI=1S/C18H22N2O2/c1-3-20-12-16-7-5-4-6-15(16)10-17(20)18(21)19(2)11-14-8-9-22-13-14/h4-9,13,17H,3,10-12H2,1-2H3. The van der Waals surface area contributed by atoms with E-state index in [1.807, 2.05) is 13.1 Å². The molecule has 1 amide bonds. The second-order valence-electron chi connectivity index (χ2n) is 5.88. The number of rotatable bonds is 4. The molecule has 22 heavy (non-hydrogen) atoms. The molecule has 0 aliphatic carbocycles. The van der Waals surface area contributed by atoms with Crippen LogP contribution in [0.4, 0.5) is 0 Å². The van der Waals surface area contributed by atoms with Crippen molar-refractivity contribution < 1.29 is 9.21 Å². The molecule has 0 saturated heterocycles. The lowest BCUT2D eigenvalue weighted by atomic mass is 9.93. The van der Waals surface area contributed by atoms with E-state index in [1.54, 1.807) is 17.4 Å². The molecule has 0 radical (unpaired) electrons. The molecule has 0 saturated carbocycles. The molecule has 4 heteroatoms. The first-order valence-electron chi connectivity index (χ1n) is 7.76. The fraction of sp³-hybridized carbons (Fsp3) is 0.389. The maximum Gasteiger partial charge on any atom is 0.240 e. The number of amides is 1. The van der Waals surface area contributed by atoms with Crippen LogP contribution in [0.15, 0.2) is 47.3 Å². The quantitative estimate of drug-likeness (QED) is 0.871. The minimum Gasteiger partial charge on any atom is -0.472 e. The molecular formula is C18H22N2O2. The van der Waals surface area contributed by atoms with E-state index in [4.69, 9.17) is 4.42 Å². The van der Waals surface area contributed by atoms with Crippen molar-refractivity contribution in [1.29, 1.82) is 0 Å². The van der Waals surface area contributed by atoms with Gasteiger partial charge < -0.3 is 9.32 Å². The lowest BCUT2D eigenvalue weighted by Gasteiger charge is -2.37. The van der Waals surface area contributed by atoms with Gasteiger partial charge in [0, 0.05) is 25.7 Å². The Morgan fingerprint density at radius 1 is 1.32 bits per heavy atom. The van der Waals surface area contributed by atoms with E-state index in [9.17, 15) is 4.79 Å². The van der Waals surface area contributed by atoms with E-state index in [0.29, 0.717) is 6.54 Å². The molecule has 0 N–H and O–H groups in total. The molecular weight excluding hydrogens is 276 g/mol. The van der Waals surface area contributed by atoms with Crippen molar-refractivity contribution in [3.8, 4) is 0 Å². The Bertz CT molecular complexity index is 636. The number of carbonyl (C=O) groups excluding carboxylic acids is 1. The number of carbonyl (C=O) groups is 1. The highest BCUT2D eigenvalue weighted by atomic mass is 16.3. The Hall–Kier alpha value is -2.07. The van der Waals surface area contributed by atoms with E-state index in [0.717, 1.165) is 25.1 Å². The largest absolute Gasteiger partial charge is 0.472 e. The molecule has 0 spiro atoms. The Morgan fingerprint density at radius 2 is 2.09 bits per heavy atom. The second kappa shape index (κ2) is 6.36. The predicted molar refractivity (Wildman–Crippen MR) is 85.2 cm³/mol. The fourth-order valence-corrected chi connectivity index (χ4v) is 3.14. The maximum atomic E-state index is 12.9. The topological polar surface area (TPSA) is 36.7 Å². The molecule has 2 aromatic rings. The van der Waals surface area contributed by atoms with Crippen LogP contribution in [-0.4, -0.2) is 35.3 Å². The maximum absolute atomic E-state index is 12.9. The average Bonchev–Trinajstić information content (AvgIpc) is 3.05. The summed E-state index contributed by atoms with van der Waals surface area (Å²) in [5.74, 6) is 0.178. The summed E-state index contributed by atoms with van der Waals surface area (Å²) in [6.07, 6.45) is 4.12. The normalized spacial score (nSPS) is 18.0. The molecule has 1 unspecified atom stereocenters. The van der Waals surface area contributed by atoms with Crippen molar-refractivity contribution in [2.24, 2.45) is 0 Å². The highest BCUT2D eigenvalue weighted by Gasteiger charge is 2.32. The van der Waals surface area contributed by atoms with Gasteiger partial charge in [-0.3, -0.25) is 9.69 Å². The molecule has 0 fully saturated rings. The first kappa shape index (κ1) is 14.9. The molecule has 1 aliphatic rings. The van der Waals surface area contributed by atoms with Crippen LogP contribution in [0, 0.1) is 0 Å². The predicted octanol–water partition coefficient (Wildman–Crippen LogP) is 2.68. The molecule has 3 rings (SSSR count). The van der Waals surface area contributed by atoms with Crippen LogP contribution in [0.1, 0.15) is 23.6 Å². The van der Waals surface area contributed by atoms with Gasteiger partial charge in [-0.25, -0.2) is 0 Å². The van der Waals surface area contributed by atoms with E-state index >= 15 is 0 Å². The second-order valence-corrected chi connectivity index (χ2v) is 5.88. The number of hydrogen-bond acceptors (Lipinski definition) is 3. The molecule has 4 nitrogen and oxygen atoms in total. The van der Waals surface area contributed by atoms with Gasteiger partial charge in [0.25, 0.3) is 0 Å². The van der Waals surface area contributed by atoms with Crippen LogP contribution in [0.25, 0.3) is 0 Å².